The van der Waals surface area contributed by atoms with Crippen molar-refractivity contribution in [2.45, 2.75) is 12.5 Å². The van der Waals surface area contributed by atoms with E-state index in [0.717, 1.165) is 28.0 Å². The first kappa shape index (κ1) is 12.9. The van der Waals surface area contributed by atoms with E-state index in [1.807, 2.05) is 0 Å². The lowest BCUT2D eigenvalue weighted by Gasteiger charge is -2.14. The lowest BCUT2D eigenvalue weighted by Crippen LogP contribution is -2.20. The molecule has 0 spiro atoms. The third-order valence-electron chi connectivity index (χ3n) is 2.89. The van der Waals surface area contributed by atoms with Crippen molar-refractivity contribution in [3.8, 4) is 0 Å². The zero-order valence-corrected chi connectivity index (χ0v) is 11.4. The highest BCUT2D eigenvalue weighted by molar-refractivity contribution is 9.10. The van der Waals surface area contributed by atoms with Crippen LogP contribution in [-0.4, -0.2) is 27.6 Å². The van der Waals surface area contributed by atoms with Crippen LogP contribution < -0.4 is 0 Å². The van der Waals surface area contributed by atoms with Crippen LogP contribution in [-0.2, 0) is 6.42 Å². The maximum atomic E-state index is 10.6. The van der Waals surface area contributed by atoms with Gasteiger partial charge in [-0.2, -0.15) is 11.8 Å². The van der Waals surface area contributed by atoms with E-state index in [1.165, 1.54) is 12.1 Å². The molecule has 0 bridgehead atoms. The molecule has 0 saturated carbocycles. The molecule has 2 atom stereocenters. The smallest absolute Gasteiger partial charge is 0.270 e. The van der Waals surface area contributed by atoms with Gasteiger partial charge < -0.3 is 5.11 Å². The number of benzene rings is 1. The number of nitro benzene ring substituents is 1. The molecule has 1 aromatic carbocycles. The van der Waals surface area contributed by atoms with Crippen molar-refractivity contribution in [3.63, 3.8) is 0 Å². The van der Waals surface area contributed by atoms with Crippen LogP contribution in [0.15, 0.2) is 22.7 Å². The molecule has 1 N–H and O–H groups in total. The first-order chi connectivity index (χ1) is 8.08. The molecular formula is C11H12BrNO3S. The zero-order valence-electron chi connectivity index (χ0n) is 9.01. The molecule has 17 heavy (non-hydrogen) atoms. The molecule has 0 aliphatic carbocycles. The second kappa shape index (κ2) is 5.37. The lowest BCUT2D eigenvalue weighted by atomic mass is 9.97. The van der Waals surface area contributed by atoms with Crippen molar-refractivity contribution in [1.82, 2.24) is 0 Å². The molecule has 1 saturated heterocycles. The van der Waals surface area contributed by atoms with Crippen LogP contribution in [0.4, 0.5) is 5.69 Å². The molecule has 0 radical (unpaired) electrons. The van der Waals surface area contributed by atoms with E-state index in [2.05, 4.69) is 15.9 Å². The van der Waals surface area contributed by atoms with Crippen LogP contribution in [0.25, 0.3) is 0 Å². The monoisotopic (exact) mass is 317 g/mol. The number of thioether (sulfide) groups is 1. The molecule has 2 rings (SSSR count). The standard InChI is InChI=1S/C11H12BrNO3S/c12-10-4-9(13(15)16)2-1-7(10)3-8-5-17-6-11(8)14/h1-2,4,8,11,14H,3,5-6H2. The Labute approximate surface area is 112 Å². The zero-order chi connectivity index (χ0) is 12.4. The predicted molar refractivity (Wildman–Crippen MR) is 71.3 cm³/mol. The molecule has 1 aromatic rings. The van der Waals surface area contributed by atoms with Crippen molar-refractivity contribution in [1.29, 1.82) is 0 Å². The Hall–Kier alpha value is -0.590. The fourth-order valence-electron chi connectivity index (χ4n) is 1.88. The molecule has 2 unspecified atom stereocenters. The van der Waals surface area contributed by atoms with Gasteiger partial charge in [-0.25, -0.2) is 0 Å². The van der Waals surface area contributed by atoms with Gasteiger partial charge in [0.15, 0.2) is 0 Å². The molecule has 0 amide bonds. The minimum atomic E-state index is -0.408. The number of hydrogen-bond acceptors (Lipinski definition) is 4. The number of rotatable bonds is 3. The van der Waals surface area contributed by atoms with Crippen molar-refractivity contribution in [3.05, 3.63) is 38.3 Å². The Bertz CT molecular complexity index is 441. The SMILES string of the molecule is O=[N+]([O-])c1ccc(CC2CSCC2O)c(Br)c1. The van der Waals surface area contributed by atoms with Crippen molar-refractivity contribution >= 4 is 33.4 Å². The number of nitrogens with zero attached hydrogens (tertiary/aromatic N) is 1. The first-order valence-electron chi connectivity index (χ1n) is 5.26. The van der Waals surface area contributed by atoms with Crippen LogP contribution in [0.5, 0.6) is 0 Å². The van der Waals surface area contributed by atoms with E-state index in [4.69, 9.17) is 0 Å². The summed E-state index contributed by atoms with van der Waals surface area (Å²) in [5.41, 5.74) is 1.10. The molecular weight excluding hydrogens is 306 g/mol. The van der Waals surface area contributed by atoms with E-state index >= 15 is 0 Å². The molecule has 1 aliphatic rings. The summed E-state index contributed by atoms with van der Waals surface area (Å²) < 4.78 is 0.746. The van der Waals surface area contributed by atoms with Crippen molar-refractivity contribution < 1.29 is 10.0 Å². The topological polar surface area (TPSA) is 63.4 Å². The number of nitro groups is 1. The molecule has 1 heterocycles. The summed E-state index contributed by atoms with van der Waals surface area (Å²) in [5, 5.41) is 20.3. The van der Waals surface area contributed by atoms with Gasteiger partial charge in [-0.05, 0) is 23.7 Å². The van der Waals surface area contributed by atoms with Gasteiger partial charge >= 0.3 is 0 Å². The molecule has 4 nitrogen and oxygen atoms in total. The highest BCUT2D eigenvalue weighted by Crippen LogP contribution is 2.31. The lowest BCUT2D eigenvalue weighted by molar-refractivity contribution is -0.384. The van der Waals surface area contributed by atoms with Crippen molar-refractivity contribution in [2.24, 2.45) is 5.92 Å². The van der Waals surface area contributed by atoms with Gasteiger partial charge in [-0.3, -0.25) is 10.1 Å². The summed E-state index contributed by atoms with van der Waals surface area (Å²) in [5.74, 6) is 1.98. The van der Waals surface area contributed by atoms with E-state index in [-0.39, 0.29) is 17.7 Å². The van der Waals surface area contributed by atoms with E-state index < -0.39 is 4.92 Å². The maximum absolute atomic E-state index is 10.6. The van der Waals surface area contributed by atoms with Crippen LogP contribution in [0.1, 0.15) is 5.56 Å². The summed E-state index contributed by atoms with van der Waals surface area (Å²) in [6.07, 6.45) is 0.495. The number of hydrogen-bond donors (Lipinski definition) is 1. The molecule has 92 valence electrons. The Kier molecular flexibility index (Phi) is 4.06. The van der Waals surface area contributed by atoms with Gasteiger partial charge in [0, 0.05) is 22.4 Å². The maximum Gasteiger partial charge on any atom is 0.270 e. The van der Waals surface area contributed by atoms with E-state index in [0.29, 0.717) is 0 Å². The van der Waals surface area contributed by atoms with Crippen LogP contribution in [0.3, 0.4) is 0 Å². The van der Waals surface area contributed by atoms with Gasteiger partial charge in [0.2, 0.25) is 0 Å². The Balaban J connectivity index is 2.14. The third kappa shape index (κ3) is 3.00. The number of aliphatic hydroxyl groups is 1. The largest absolute Gasteiger partial charge is 0.392 e. The van der Waals surface area contributed by atoms with Gasteiger partial charge in [0.25, 0.3) is 5.69 Å². The highest BCUT2D eigenvalue weighted by Gasteiger charge is 2.26. The van der Waals surface area contributed by atoms with Crippen LogP contribution >= 0.6 is 27.7 Å². The minimum Gasteiger partial charge on any atom is -0.392 e. The van der Waals surface area contributed by atoms with Gasteiger partial charge in [0.1, 0.15) is 0 Å². The summed E-state index contributed by atoms with van der Waals surface area (Å²) >= 11 is 5.10. The van der Waals surface area contributed by atoms with E-state index in [1.54, 1.807) is 17.8 Å². The Morgan fingerprint density at radius 1 is 1.53 bits per heavy atom. The summed E-state index contributed by atoms with van der Waals surface area (Å²) in [6.45, 7) is 0. The quantitative estimate of drug-likeness (QED) is 0.687. The van der Waals surface area contributed by atoms with E-state index in [9.17, 15) is 15.2 Å². The fourth-order valence-corrected chi connectivity index (χ4v) is 3.70. The average Bonchev–Trinajstić information content (AvgIpc) is 2.67. The normalized spacial score (nSPS) is 23.9. The highest BCUT2D eigenvalue weighted by atomic mass is 79.9. The minimum absolute atomic E-state index is 0.0852. The van der Waals surface area contributed by atoms with Gasteiger partial charge in [0.05, 0.1) is 11.0 Å². The van der Waals surface area contributed by atoms with Gasteiger partial charge in [-0.15, -0.1) is 0 Å². The molecule has 0 aromatic heterocycles. The second-order valence-corrected chi connectivity index (χ2v) is 6.03. The van der Waals surface area contributed by atoms with Crippen molar-refractivity contribution in [2.75, 3.05) is 11.5 Å². The Morgan fingerprint density at radius 3 is 2.82 bits per heavy atom. The average molecular weight is 318 g/mol. The first-order valence-corrected chi connectivity index (χ1v) is 7.21. The summed E-state index contributed by atoms with van der Waals surface area (Å²) in [7, 11) is 0. The summed E-state index contributed by atoms with van der Waals surface area (Å²) in [4.78, 5) is 10.2. The second-order valence-electron chi connectivity index (χ2n) is 4.10. The number of aliphatic hydroxyl groups excluding tert-OH is 1. The van der Waals surface area contributed by atoms with Gasteiger partial charge in [-0.1, -0.05) is 22.0 Å². The van der Waals surface area contributed by atoms with Crippen LogP contribution in [0, 0.1) is 16.0 Å². The van der Waals surface area contributed by atoms with Crippen LogP contribution in [0.2, 0.25) is 0 Å². The Morgan fingerprint density at radius 2 is 2.29 bits per heavy atom. The number of non-ortho nitro benzene ring substituents is 1. The fraction of sp³-hybridized carbons (Fsp3) is 0.455. The number of halogens is 1. The molecule has 1 aliphatic heterocycles. The summed E-state index contributed by atoms with van der Waals surface area (Å²) in [6, 6.07) is 4.79. The third-order valence-corrected chi connectivity index (χ3v) is 4.87. The molecule has 6 heteroatoms. The molecule has 1 fully saturated rings. The predicted octanol–water partition coefficient (Wildman–Crippen LogP) is 2.62.